The third-order valence-electron chi connectivity index (χ3n) is 6.09. The number of hydrogen-bond acceptors (Lipinski definition) is 12. The average molecular weight is 586 g/mol. The molecule has 15 heteroatoms. The molecule has 2 amide bonds. The lowest BCUT2D eigenvalue weighted by Crippen LogP contribution is -2.71. The second-order valence-electron chi connectivity index (χ2n) is 8.47. The number of nitrogens with one attached hydrogen (secondary N) is 2. The Hall–Kier alpha value is -3.95. The van der Waals surface area contributed by atoms with Gasteiger partial charge in [0.05, 0.1) is 22.7 Å². The van der Waals surface area contributed by atoms with E-state index in [9.17, 15) is 19.5 Å². The summed E-state index contributed by atoms with van der Waals surface area (Å²) in [6.07, 6.45) is 3.64. The topological polar surface area (TPSA) is 166 Å². The van der Waals surface area contributed by atoms with Gasteiger partial charge in [-0.2, -0.15) is 4.57 Å². The molecule has 4 N–H and O–H groups in total. The van der Waals surface area contributed by atoms with E-state index in [4.69, 9.17) is 10.6 Å². The van der Waals surface area contributed by atoms with Gasteiger partial charge >= 0.3 is 0 Å². The Balaban J connectivity index is 1.37. The summed E-state index contributed by atoms with van der Waals surface area (Å²) in [5.41, 5.74) is 7.06. The molecule has 0 bridgehead atoms. The number of nitrogens with zero attached hydrogens (tertiary/aromatic N) is 4. The van der Waals surface area contributed by atoms with Gasteiger partial charge in [0.25, 0.3) is 16.6 Å². The summed E-state index contributed by atoms with van der Waals surface area (Å²) < 4.78 is 1.95. The zero-order valence-electron chi connectivity index (χ0n) is 20.6. The second kappa shape index (κ2) is 11.0. The summed E-state index contributed by atoms with van der Waals surface area (Å²) in [5, 5.41) is 26.1. The van der Waals surface area contributed by atoms with Gasteiger partial charge < -0.3 is 31.1 Å². The Bertz CT molecular complexity index is 1550. The summed E-state index contributed by atoms with van der Waals surface area (Å²) >= 11 is 4.02. The number of oxime groups is 1. The number of amides is 2. The Morgan fingerprint density at radius 2 is 2.23 bits per heavy atom. The van der Waals surface area contributed by atoms with Gasteiger partial charge in [-0.15, -0.1) is 29.7 Å². The van der Waals surface area contributed by atoms with Crippen molar-refractivity contribution in [1.82, 2.24) is 15.2 Å². The van der Waals surface area contributed by atoms with Crippen LogP contribution in [-0.2, 0) is 25.8 Å². The molecule has 2 atom stereocenters. The lowest BCUT2D eigenvalue weighted by Gasteiger charge is -2.50. The van der Waals surface area contributed by atoms with E-state index in [2.05, 4.69) is 27.4 Å². The van der Waals surface area contributed by atoms with Gasteiger partial charge in [0.2, 0.25) is 0 Å². The fourth-order valence-electron chi connectivity index (χ4n) is 4.40. The van der Waals surface area contributed by atoms with Crippen LogP contribution in [0.1, 0.15) is 5.69 Å². The predicted octanol–water partition coefficient (Wildman–Crippen LogP) is 0.280. The minimum Gasteiger partial charge on any atom is -0.543 e. The van der Waals surface area contributed by atoms with Crippen LogP contribution in [0, 0.1) is 0 Å². The van der Waals surface area contributed by atoms with Crippen LogP contribution in [-0.4, -0.2) is 64.2 Å². The summed E-state index contributed by atoms with van der Waals surface area (Å²) in [5.74, 6) is -2.35. The fourth-order valence-corrected chi connectivity index (χ4v) is 7.28. The number of pyridine rings is 1. The minimum atomic E-state index is -1.44. The molecular weight excluding hydrogens is 563 g/mol. The van der Waals surface area contributed by atoms with Crippen molar-refractivity contribution in [2.75, 3.05) is 30.5 Å². The molecule has 3 aromatic heterocycles. The Morgan fingerprint density at radius 3 is 2.92 bits per heavy atom. The largest absolute Gasteiger partial charge is 0.543 e. The molecule has 0 radical (unpaired) electrons. The van der Waals surface area contributed by atoms with Crippen LogP contribution in [0.3, 0.4) is 0 Å². The van der Waals surface area contributed by atoms with E-state index >= 15 is 0 Å². The van der Waals surface area contributed by atoms with Crippen molar-refractivity contribution >= 4 is 79.0 Å². The molecule has 0 aliphatic carbocycles. The lowest BCUT2D eigenvalue weighted by atomic mass is 10.0. The smallest absolute Gasteiger partial charge is 0.276 e. The number of fused-ring (bicyclic) bond motifs is 2. The number of thioether (sulfide) groups is 1. The molecule has 3 aromatic rings. The number of aromatic nitrogens is 2. The second-order valence-corrected chi connectivity index (χ2v) is 11.3. The van der Waals surface area contributed by atoms with Crippen molar-refractivity contribution in [2.24, 2.45) is 5.16 Å². The number of hydrogen-bond donors (Lipinski definition) is 3. The number of thiophene rings is 1. The van der Waals surface area contributed by atoms with Gasteiger partial charge in [-0.1, -0.05) is 22.6 Å². The van der Waals surface area contributed by atoms with Crippen LogP contribution in [0.5, 0.6) is 0 Å². The maximum atomic E-state index is 13.1. The molecule has 12 nitrogen and oxygen atoms in total. The van der Waals surface area contributed by atoms with Gasteiger partial charge in [-0.3, -0.25) is 14.5 Å². The summed E-state index contributed by atoms with van der Waals surface area (Å²) in [4.78, 5) is 49.3. The Kier molecular flexibility index (Phi) is 7.54. The van der Waals surface area contributed by atoms with Crippen LogP contribution in [0.15, 0.2) is 58.2 Å². The number of anilines is 2. The summed E-state index contributed by atoms with van der Waals surface area (Å²) in [6, 6.07) is 2.92. The number of carboxylic acid groups (broad SMARTS) is 1. The molecule has 1 unspecified atom stereocenters. The molecular formula is C24H23N7O5S3. The van der Waals surface area contributed by atoms with E-state index in [1.54, 1.807) is 11.5 Å². The molecule has 0 saturated carbocycles. The summed E-state index contributed by atoms with van der Waals surface area (Å²) in [6.45, 7) is 4.61. The van der Waals surface area contributed by atoms with Crippen LogP contribution in [0.4, 0.5) is 10.8 Å². The maximum Gasteiger partial charge on any atom is 0.276 e. The third-order valence-corrected chi connectivity index (χ3v) is 9.13. The first-order valence-electron chi connectivity index (χ1n) is 11.6. The van der Waals surface area contributed by atoms with Crippen molar-refractivity contribution < 1.29 is 28.9 Å². The molecule has 0 aromatic carbocycles. The summed E-state index contributed by atoms with van der Waals surface area (Å²) in [7, 11) is 1.28. The van der Waals surface area contributed by atoms with E-state index < -0.39 is 29.2 Å². The van der Waals surface area contributed by atoms with Crippen LogP contribution < -0.4 is 26.0 Å². The number of nitrogen functional groups attached to an aromatic ring is 1. The fraction of sp³-hybridized carbons (Fsp3) is 0.250. The highest BCUT2D eigenvalue weighted by Crippen LogP contribution is 2.40. The third kappa shape index (κ3) is 4.95. The lowest BCUT2D eigenvalue weighted by molar-refractivity contribution is -0.661. The normalized spacial score (nSPS) is 18.9. The van der Waals surface area contributed by atoms with E-state index in [-0.39, 0.29) is 28.8 Å². The first kappa shape index (κ1) is 26.6. The number of aliphatic carboxylic acids is 1. The zero-order valence-corrected chi connectivity index (χ0v) is 23.0. The zero-order chi connectivity index (χ0) is 27.7. The van der Waals surface area contributed by atoms with Crippen LogP contribution in [0.25, 0.3) is 10.2 Å². The first-order chi connectivity index (χ1) is 18.8. The van der Waals surface area contributed by atoms with Gasteiger partial charge in [-0.05, 0) is 6.07 Å². The molecule has 5 heterocycles. The van der Waals surface area contributed by atoms with E-state index in [0.717, 1.165) is 27.2 Å². The Labute approximate surface area is 234 Å². The van der Waals surface area contributed by atoms with E-state index in [1.807, 2.05) is 28.3 Å². The number of carbonyl (C=O) groups excluding carboxylic acids is 3. The molecule has 0 spiro atoms. The number of thiazole rings is 1. The predicted molar refractivity (Wildman–Crippen MR) is 148 cm³/mol. The molecule has 202 valence electrons. The minimum absolute atomic E-state index is 0.142. The van der Waals surface area contributed by atoms with Gasteiger partial charge in [0, 0.05) is 34.7 Å². The van der Waals surface area contributed by atoms with Crippen LogP contribution >= 0.6 is 34.4 Å². The molecule has 39 heavy (non-hydrogen) atoms. The van der Waals surface area contributed by atoms with Crippen molar-refractivity contribution in [3.05, 3.63) is 58.7 Å². The van der Waals surface area contributed by atoms with Crippen LogP contribution in [0.2, 0.25) is 0 Å². The number of rotatable bonds is 10. The number of nitrogens with two attached hydrogens (primary N) is 1. The molecule has 2 aliphatic rings. The van der Waals surface area contributed by atoms with E-state index in [1.165, 1.54) is 35.1 Å². The molecule has 1 saturated heterocycles. The standard InChI is InChI=1S/C24H23N7O5S3/c1-3-6-26-14-10-38-21-13(14)5-4-7-30(21)8-12-9-37-22-17(20(33)31(22)18(12)23(34)35)28-19(32)16(29-36-2)15-11-39-24(25)27-15/h3-5,7,10-11,17,22,26H,1,6,8-9H2,2H3,(H3-,25,27,28,32,34,35)/b29-16-/t17?,22-/m1/s1. The highest BCUT2D eigenvalue weighted by atomic mass is 32.2. The van der Waals surface area contributed by atoms with Gasteiger partial charge in [0.15, 0.2) is 23.6 Å². The highest BCUT2D eigenvalue weighted by molar-refractivity contribution is 8.00. The van der Waals surface area contributed by atoms with Crippen molar-refractivity contribution in [1.29, 1.82) is 0 Å². The first-order valence-corrected chi connectivity index (χ1v) is 14.4. The number of β-lactam (4-membered cyclic amide) rings is 1. The van der Waals surface area contributed by atoms with E-state index in [0.29, 0.717) is 17.9 Å². The maximum absolute atomic E-state index is 13.1. The van der Waals surface area contributed by atoms with Crippen molar-refractivity contribution in [3.63, 3.8) is 0 Å². The van der Waals surface area contributed by atoms with Gasteiger partial charge in [-0.25, -0.2) is 4.98 Å². The number of carbonyl (C=O) groups is 3. The number of carboxylic acids is 1. The van der Waals surface area contributed by atoms with Crippen molar-refractivity contribution in [3.8, 4) is 0 Å². The average Bonchev–Trinajstić information content (AvgIpc) is 3.55. The Morgan fingerprint density at radius 1 is 1.41 bits per heavy atom. The monoisotopic (exact) mass is 585 g/mol. The van der Waals surface area contributed by atoms with Crippen molar-refractivity contribution in [2.45, 2.75) is 18.0 Å². The molecule has 1 fully saturated rings. The SMILES string of the molecule is C=CCNc1csc2c1ccc[n+]2CC1=C(C(=O)[O-])N2C(=O)C(NC(=O)/C(=N\OC)c3csc(N)n3)[C@H]2SC1. The van der Waals surface area contributed by atoms with Gasteiger partial charge in [0.1, 0.15) is 24.2 Å². The highest BCUT2D eigenvalue weighted by Gasteiger charge is 2.53. The molecule has 5 rings (SSSR count). The quantitative estimate of drug-likeness (QED) is 0.0996. The molecule has 2 aliphatic heterocycles.